The highest BCUT2D eigenvalue weighted by molar-refractivity contribution is 5.96. The largest absolute Gasteiger partial charge is 0.493 e. The topological polar surface area (TPSA) is 95.3 Å². The van der Waals surface area contributed by atoms with Gasteiger partial charge in [0.15, 0.2) is 11.5 Å². The van der Waals surface area contributed by atoms with Crippen molar-refractivity contribution in [2.45, 2.75) is 6.42 Å². The lowest BCUT2D eigenvalue weighted by molar-refractivity contribution is 0.0796. The molecule has 0 aliphatic heterocycles. The van der Waals surface area contributed by atoms with E-state index < -0.39 is 0 Å². The Bertz CT molecular complexity index is 1230. The summed E-state index contributed by atoms with van der Waals surface area (Å²) in [5.74, 6) is 1.06. The van der Waals surface area contributed by atoms with E-state index in [9.17, 15) is 4.79 Å². The maximum atomic E-state index is 13.3. The van der Waals surface area contributed by atoms with Gasteiger partial charge < -0.3 is 14.4 Å². The van der Waals surface area contributed by atoms with Crippen LogP contribution in [0, 0.1) is 0 Å². The molecule has 4 aromatic rings. The van der Waals surface area contributed by atoms with Crippen molar-refractivity contribution in [1.82, 2.24) is 30.1 Å². The van der Waals surface area contributed by atoms with E-state index >= 15 is 0 Å². The van der Waals surface area contributed by atoms with Gasteiger partial charge in [0.05, 0.1) is 19.9 Å². The number of ether oxygens (including phenoxy) is 2. The average molecular weight is 444 g/mol. The molecule has 0 aliphatic rings. The Morgan fingerprint density at radius 2 is 1.94 bits per heavy atom. The smallest absolute Gasteiger partial charge is 0.253 e. The van der Waals surface area contributed by atoms with Gasteiger partial charge in [0, 0.05) is 43.0 Å². The maximum absolute atomic E-state index is 13.3. The number of aromatic nitrogens is 5. The zero-order valence-corrected chi connectivity index (χ0v) is 18.7. The Kier molecular flexibility index (Phi) is 6.58. The van der Waals surface area contributed by atoms with Gasteiger partial charge >= 0.3 is 0 Å². The number of hydrogen-bond acceptors (Lipinski definition) is 7. The molecule has 33 heavy (non-hydrogen) atoms. The second-order valence-corrected chi connectivity index (χ2v) is 7.36. The molecule has 9 nitrogen and oxygen atoms in total. The predicted octanol–water partition coefficient (Wildman–Crippen LogP) is 3.06. The number of benzene rings is 2. The van der Waals surface area contributed by atoms with E-state index in [0.29, 0.717) is 35.7 Å². The number of methoxy groups -OCH3 is 2. The lowest BCUT2D eigenvalue weighted by Crippen LogP contribution is -2.29. The number of nitrogens with zero attached hydrogens (tertiary/aromatic N) is 6. The van der Waals surface area contributed by atoms with E-state index in [4.69, 9.17) is 9.47 Å². The second-order valence-electron chi connectivity index (χ2n) is 7.36. The number of amides is 1. The van der Waals surface area contributed by atoms with Crippen LogP contribution in [0.5, 0.6) is 11.5 Å². The van der Waals surface area contributed by atoms with Gasteiger partial charge in [0.1, 0.15) is 6.33 Å². The third kappa shape index (κ3) is 4.82. The molecule has 0 spiro atoms. The van der Waals surface area contributed by atoms with Gasteiger partial charge in [0.25, 0.3) is 5.91 Å². The maximum Gasteiger partial charge on any atom is 0.253 e. The molecule has 0 aliphatic carbocycles. The molecule has 0 radical (unpaired) electrons. The van der Waals surface area contributed by atoms with Crippen LogP contribution >= 0.6 is 0 Å². The molecular formula is C24H24N6O3. The summed E-state index contributed by atoms with van der Waals surface area (Å²) in [6.45, 7) is 0.531. The first kappa shape index (κ1) is 21.9. The zero-order valence-electron chi connectivity index (χ0n) is 18.7. The van der Waals surface area contributed by atoms with Gasteiger partial charge in [-0.15, -0.1) is 5.10 Å². The Labute approximate surface area is 191 Å². The van der Waals surface area contributed by atoms with Gasteiger partial charge in [-0.3, -0.25) is 9.78 Å². The molecule has 2 heterocycles. The summed E-state index contributed by atoms with van der Waals surface area (Å²) in [5.41, 5.74) is 3.66. The Balaban J connectivity index is 1.71. The molecule has 0 saturated carbocycles. The number of likely N-dealkylation sites (N-methyl/N-ethyl adjacent to an activating group) is 1. The molecule has 0 unspecified atom stereocenters. The van der Waals surface area contributed by atoms with Crippen molar-refractivity contribution in [3.63, 3.8) is 0 Å². The van der Waals surface area contributed by atoms with Gasteiger partial charge in [0.2, 0.25) is 0 Å². The molecule has 2 aromatic heterocycles. The number of carbonyl (C=O) groups excluding carboxylic acids is 1. The molecular weight excluding hydrogens is 420 g/mol. The van der Waals surface area contributed by atoms with Gasteiger partial charge in [-0.2, -0.15) is 0 Å². The SMILES string of the molecule is COc1cccc(-c2cc(C(=O)N(C)CCc3ccccn3)cc(-n3cnnn3)c2)c1OC. The normalized spacial score (nSPS) is 10.6. The zero-order chi connectivity index (χ0) is 23.2. The Morgan fingerprint density at radius 3 is 2.64 bits per heavy atom. The molecule has 0 N–H and O–H groups in total. The number of tetrazole rings is 1. The lowest BCUT2D eigenvalue weighted by Gasteiger charge is -2.19. The van der Waals surface area contributed by atoms with E-state index in [-0.39, 0.29) is 5.91 Å². The van der Waals surface area contributed by atoms with Crippen molar-refractivity contribution in [3.05, 3.63) is 78.4 Å². The van der Waals surface area contributed by atoms with Gasteiger partial charge in [-0.05, 0) is 52.4 Å². The van der Waals surface area contributed by atoms with Crippen LogP contribution in [0.1, 0.15) is 16.1 Å². The van der Waals surface area contributed by atoms with E-state index in [2.05, 4.69) is 20.5 Å². The first-order valence-corrected chi connectivity index (χ1v) is 10.4. The Morgan fingerprint density at radius 1 is 1.06 bits per heavy atom. The van der Waals surface area contributed by atoms with Crippen molar-refractivity contribution in [1.29, 1.82) is 0 Å². The number of hydrogen-bond donors (Lipinski definition) is 0. The fourth-order valence-corrected chi connectivity index (χ4v) is 3.57. The fraction of sp³-hybridized carbons (Fsp3) is 0.208. The van der Waals surface area contributed by atoms with Gasteiger partial charge in [-0.1, -0.05) is 18.2 Å². The second kappa shape index (κ2) is 9.90. The van der Waals surface area contributed by atoms with Crippen LogP contribution in [0.25, 0.3) is 16.8 Å². The number of rotatable bonds is 8. The predicted molar refractivity (Wildman–Crippen MR) is 123 cm³/mol. The summed E-state index contributed by atoms with van der Waals surface area (Å²) in [6.07, 6.45) is 3.90. The van der Waals surface area contributed by atoms with Gasteiger partial charge in [-0.25, -0.2) is 4.68 Å². The van der Waals surface area contributed by atoms with Crippen LogP contribution in [0.2, 0.25) is 0 Å². The summed E-state index contributed by atoms with van der Waals surface area (Å²) in [5, 5.41) is 11.4. The molecule has 0 bridgehead atoms. The molecule has 0 atom stereocenters. The van der Waals surface area contributed by atoms with Crippen LogP contribution in [-0.2, 0) is 6.42 Å². The van der Waals surface area contributed by atoms with Crippen molar-refractivity contribution in [2.24, 2.45) is 0 Å². The quantitative estimate of drug-likeness (QED) is 0.412. The number of pyridine rings is 1. The minimum absolute atomic E-state index is 0.121. The third-order valence-corrected chi connectivity index (χ3v) is 5.27. The van der Waals surface area contributed by atoms with E-state index in [1.807, 2.05) is 48.5 Å². The van der Waals surface area contributed by atoms with Crippen molar-refractivity contribution in [3.8, 4) is 28.3 Å². The highest BCUT2D eigenvalue weighted by atomic mass is 16.5. The summed E-state index contributed by atoms with van der Waals surface area (Å²) in [6, 6.07) is 16.9. The van der Waals surface area contributed by atoms with Crippen LogP contribution in [0.3, 0.4) is 0 Å². The fourth-order valence-electron chi connectivity index (χ4n) is 3.57. The number of para-hydroxylation sites is 1. The van der Waals surface area contributed by atoms with Crippen LogP contribution in [0.4, 0.5) is 0 Å². The highest BCUT2D eigenvalue weighted by Gasteiger charge is 2.18. The molecule has 4 rings (SSSR count). The first-order chi connectivity index (χ1) is 16.1. The van der Waals surface area contributed by atoms with E-state index in [1.54, 1.807) is 38.4 Å². The van der Waals surface area contributed by atoms with E-state index in [0.717, 1.165) is 16.8 Å². The van der Waals surface area contributed by atoms with Crippen LogP contribution < -0.4 is 9.47 Å². The van der Waals surface area contributed by atoms with Crippen molar-refractivity contribution >= 4 is 5.91 Å². The summed E-state index contributed by atoms with van der Waals surface area (Å²) < 4.78 is 12.6. The van der Waals surface area contributed by atoms with Crippen molar-refractivity contribution in [2.75, 3.05) is 27.8 Å². The monoisotopic (exact) mass is 444 g/mol. The van der Waals surface area contributed by atoms with Crippen LogP contribution in [0.15, 0.2) is 67.1 Å². The summed E-state index contributed by atoms with van der Waals surface area (Å²) >= 11 is 0. The van der Waals surface area contributed by atoms with Crippen LogP contribution in [-0.4, -0.2) is 63.8 Å². The molecule has 1 amide bonds. The van der Waals surface area contributed by atoms with E-state index in [1.165, 1.54) is 11.0 Å². The average Bonchev–Trinajstić information content (AvgIpc) is 3.41. The minimum atomic E-state index is -0.121. The highest BCUT2D eigenvalue weighted by Crippen LogP contribution is 2.38. The standard InChI is InChI=1S/C24H24N6O3/c1-29(12-10-19-7-4-5-11-25-19)24(31)18-13-17(14-20(15-18)30-16-26-27-28-30)21-8-6-9-22(32-2)23(21)33-3/h4-9,11,13-16H,10,12H2,1-3H3. The summed E-state index contributed by atoms with van der Waals surface area (Å²) in [7, 11) is 4.95. The molecule has 9 heteroatoms. The molecule has 168 valence electrons. The van der Waals surface area contributed by atoms with Crippen molar-refractivity contribution < 1.29 is 14.3 Å². The minimum Gasteiger partial charge on any atom is -0.493 e. The summed E-state index contributed by atoms with van der Waals surface area (Å²) in [4.78, 5) is 19.3. The molecule has 0 saturated heterocycles. The first-order valence-electron chi connectivity index (χ1n) is 10.4. The molecule has 2 aromatic carbocycles. The molecule has 0 fully saturated rings. The Hall–Kier alpha value is -4.27. The third-order valence-electron chi connectivity index (χ3n) is 5.27. The number of carbonyl (C=O) groups is 1. The lowest BCUT2D eigenvalue weighted by atomic mass is 10.00.